The molecule has 2 N–H and O–H groups in total. The summed E-state index contributed by atoms with van der Waals surface area (Å²) in [4.78, 5) is 2.25. The van der Waals surface area contributed by atoms with E-state index in [0.717, 1.165) is 19.6 Å². The molecule has 2 atom stereocenters. The SMILES string of the molecule is CN(CC(C)(C)C)[C@@H]1CNC[C@H]1O. The van der Waals surface area contributed by atoms with Crippen LogP contribution in [-0.4, -0.2) is 48.8 Å². The number of rotatable bonds is 2. The van der Waals surface area contributed by atoms with Gasteiger partial charge >= 0.3 is 0 Å². The Morgan fingerprint density at radius 3 is 2.38 bits per heavy atom. The van der Waals surface area contributed by atoms with E-state index in [-0.39, 0.29) is 6.10 Å². The molecule has 0 amide bonds. The fourth-order valence-corrected chi connectivity index (χ4v) is 1.97. The summed E-state index contributed by atoms with van der Waals surface area (Å²) in [6, 6.07) is 0.291. The molecule has 0 aromatic carbocycles. The first-order chi connectivity index (χ1) is 5.90. The molecule has 1 rings (SSSR count). The summed E-state index contributed by atoms with van der Waals surface area (Å²) >= 11 is 0. The normalized spacial score (nSPS) is 30.0. The molecule has 1 fully saturated rings. The zero-order valence-corrected chi connectivity index (χ0v) is 9.17. The second-order valence-electron chi connectivity index (χ2n) is 5.27. The summed E-state index contributed by atoms with van der Waals surface area (Å²) in [5.41, 5.74) is 0.303. The van der Waals surface area contributed by atoms with Crippen molar-refractivity contribution in [3.63, 3.8) is 0 Å². The summed E-state index contributed by atoms with van der Waals surface area (Å²) in [6.07, 6.45) is -0.202. The Morgan fingerprint density at radius 2 is 2.00 bits per heavy atom. The van der Waals surface area contributed by atoms with Crippen molar-refractivity contribution in [2.45, 2.75) is 32.9 Å². The average molecular weight is 186 g/mol. The predicted molar refractivity (Wildman–Crippen MR) is 54.7 cm³/mol. The van der Waals surface area contributed by atoms with Gasteiger partial charge in [0.1, 0.15) is 0 Å². The zero-order valence-electron chi connectivity index (χ0n) is 9.17. The van der Waals surface area contributed by atoms with Crippen molar-refractivity contribution in [3.8, 4) is 0 Å². The summed E-state index contributed by atoms with van der Waals surface area (Å²) in [5.74, 6) is 0. The highest BCUT2D eigenvalue weighted by molar-refractivity contribution is 4.88. The lowest BCUT2D eigenvalue weighted by molar-refractivity contribution is 0.0794. The molecular formula is C10H22N2O. The molecule has 0 saturated carbocycles. The fourth-order valence-electron chi connectivity index (χ4n) is 1.97. The van der Waals surface area contributed by atoms with E-state index in [1.54, 1.807) is 0 Å². The minimum Gasteiger partial charge on any atom is -0.390 e. The Balaban J connectivity index is 2.43. The molecule has 0 bridgehead atoms. The van der Waals surface area contributed by atoms with Gasteiger partial charge in [0.05, 0.1) is 6.10 Å². The van der Waals surface area contributed by atoms with Gasteiger partial charge in [0, 0.05) is 25.7 Å². The maximum absolute atomic E-state index is 9.65. The molecule has 1 heterocycles. The lowest BCUT2D eigenvalue weighted by Gasteiger charge is -2.32. The predicted octanol–water partition coefficient (Wildman–Crippen LogP) is 0.297. The number of aliphatic hydroxyl groups excluding tert-OH is 1. The number of hydrogen-bond donors (Lipinski definition) is 2. The quantitative estimate of drug-likeness (QED) is 0.651. The topological polar surface area (TPSA) is 35.5 Å². The molecule has 3 nitrogen and oxygen atoms in total. The van der Waals surface area contributed by atoms with Gasteiger partial charge in [-0.25, -0.2) is 0 Å². The van der Waals surface area contributed by atoms with Crippen LogP contribution in [0.2, 0.25) is 0 Å². The van der Waals surface area contributed by atoms with Gasteiger partial charge < -0.3 is 10.4 Å². The summed E-state index contributed by atoms with van der Waals surface area (Å²) in [5, 5.41) is 12.8. The molecule has 0 aromatic heterocycles. The third-order valence-corrected chi connectivity index (χ3v) is 2.44. The van der Waals surface area contributed by atoms with Crippen molar-refractivity contribution >= 4 is 0 Å². The van der Waals surface area contributed by atoms with Crippen molar-refractivity contribution in [2.75, 3.05) is 26.7 Å². The Hall–Kier alpha value is -0.120. The first kappa shape index (κ1) is 11.0. The van der Waals surface area contributed by atoms with Crippen LogP contribution in [0.4, 0.5) is 0 Å². The van der Waals surface area contributed by atoms with Gasteiger partial charge in [-0.2, -0.15) is 0 Å². The first-order valence-corrected chi connectivity index (χ1v) is 4.99. The van der Waals surface area contributed by atoms with Crippen LogP contribution in [0, 0.1) is 5.41 Å². The van der Waals surface area contributed by atoms with E-state index in [9.17, 15) is 5.11 Å². The minimum atomic E-state index is -0.202. The molecule has 78 valence electrons. The van der Waals surface area contributed by atoms with Crippen molar-refractivity contribution in [2.24, 2.45) is 5.41 Å². The molecule has 0 radical (unpaired) electrons. The van der Waals surface area contributed by atoms with Crippen LogP contribution in [-0.2, 0) is 0 Å². The van der Waals surface area contributed by atoms with Crippen LogP contribution < -0.4 is 5.32 Å². The smallest absolute Gasteiger partial charge is 0.0831 e. The van der Waals surface area contributed by atoms with E-state index < -0.39 is 0 Å². The van der Waals surface area contributed by atoms with E-state index in [4.69, 9.17) is 0 Å². The van der Waals surface area contributed by atoms with Gasteiger partial charge in [-0.05, 0) is 12.5 Å². The van der Waals surface area contributed by atoms with Crippen molar-refractivity contribution < 1.29 is 5.11 Å². The molecule has 0 aliphatic carbocycles. The summed E-state index contributed by atoms with van der Waals surface area (Å²) in [7, 11) is 2.09. The highest BCUT2D eigenvalue weighted by Gasteiger charge is 2.30. The van der Waals surface area contributed by atoms with Gasteiger partial charge in [0.2, 0.25) is 0 Å². The molecular weight excluding hydrogens is 164 g/mol. The Kier molecular flexibility index (Phi) is 3.33. The summed E-state index contributed by atoms with van der Waals surface area (Å²) in [6.45, 7) is 9.33. The lowest BCUT2D eigenvalue weighted by Crippen LogP contribution is -2.44. The Morgan fingerprint density at radius 1 is 1.38 bits per heavy atom. The van der Waals surface area contributed by atoms with Gasteiger partial charge in [0.15, 0.2) is 0 Å². The van der Waals surface area contributed by atoms with Crippen molar-refractivity contribution in [1.29, 1.82) is 0 Å². The minimum absolute atomic E-state index is 0.202. The molecule has 1 aliphatic rings. The van der Waals surface area contributed by atoms with Crippen LogP contribution in [0.1, 0.15) is 20.8 Å². The van der Waals surface area contributed by atoms with Crippen molar-refractivity contribution in [3.05, 3.63) is 0 Å². The number of hydrogen-bond acceptors (Lipinski definition) is 3. The second kappa shape index (κ2) is 3.95. The highest BCUT2D eigenvalue weighted by Crippen LogP contribution is 2.17. The van der Waals surface area contributed by atoms with E-state index in [0.29, 0.717) is 11.5 Å². The van der Waals surface area contributed by atoms with Gasteiger partial charge in [-0.1, -0.05) is 20.8 Å². The van der Waals surface area contributed by atoms with Crippen LogP contribution >= 0.6 is 0 Å². The Labute approximate surface area is 81.1 Å². The lowest BCUT2D eigenvalue weighted by atomic mass is 9.95. The average Bonchev–Trinajstić information content (AvgIpc) is 2.30. The fraction of sp³-hybridized carbons (Fsp3) is 1.00. The maximum atomic E-state index is 9.65. The highest BCUT2D eigenvalue weighted by atomic mass is 16.3. The maximum Gasteiger partial charge on any atom is 0.0831 e. The van der Waals surface area contributed by atoms with Gasteiger partial charge in [-0.3, -0.25) is 4.90 Å². The van der Waals surface area contributed by atoms with Gasteiger partial charge in [0.25, 0.3) is 0 Å². The van der Waals surface area contributed by atoms with Crippen LogP contribution in [0.5, 0.6) is 0 Å². The second-order valence-corrected chi connectivity index (χ2v) is 5.27. The summed E-state index contributed by atoms with van der Waals surface area (Å²) < 4.78 is 0. The molecule has 3 heteroatoms. The number of nitrogens with zero attached hydrogens (tertiary/aromatic N) is 1. The van der Waals surface area contributed by atoms with Crippen LogP contribution in [0.25, 0.3) is 0 Å². The first-order valence-electron chi connectivity index (χ1n) is 4.99. The van der Waals surface area contributed by atoms with E-state index in [1.807, 2.05) is 0 Å². The van der Waals surface area contributed by atoms with Gasteiger partial charge in [-0.15, -0.1) is 0 Å². The third kappa shape index (κ3) is 3.25. The monoisotopic (exact) mass is 186 g/mol. The van der Waals surface area contributed by atoms with Crippen LogP contribution in [0.3, 0.4) is 0 Å². The number of nitrogens with one attached hydrogen (secondary N) is 1. The van der Waals surface area contributed by atoms with Crippen molar-refractivity contribution in [1.82, 2.24) is 10.2 Å². The molecule has 13 heavy (non-hydrogen) atoms. The molecule has 0 spiro atoms. The largest absolute Gasteiger partial charge is 0.390 e. The van der Waals surface area contributed by atoms with E-state index in [1.165, 1.54) is 0 Å². The Bertz CT molecular complexity index is 165. The zero-order chi connectivity index (χ0) is 10.1. The molecule has 0 unspecified atom stereocenters. The van der Waals surface area contributed by atoms with Crippen LogP contribution in [0.15, 0.2) is 0 Å². The number of aliphatic hydroxyl groups is 1. The van der Waals surface area contributed by atoms with E-state index >= 15 is 0 Å². The standard InChI is InChI=1S/C10H22N2O/c1-10(2,3)7-12(4)8-5-11-6-9(8)13/h8-9,11,13H,5-7H2,1-4H3/t8-,9-/m1/s1. The molecule has 0 aromatic rings. The molecule has 1 aliphatic heterocycles. The van der Waals surface area contributed by atoms with E-state index in [2.05, 4.69) is 38.0 Å². The third-order valence-electron chi connectivity index (χ3n) is 2.44. The number of likely N-dealkylation sites (N-methyl/N-ethyl adjacent to an activating group) is 1. The molecule has 1 saturated heterocycles. The number of β-amino-alcohol motifs (C(OH)–C–C–N with tert-alkyl or cyclic N) is 1.